The molecule has 34 heavy (non-hydrogen) atoms. The van der Waals surface area contributed by atoms with Gasteiger partial charge in [-0.05, 0) is 34.9 Å². The number of alkyl halides is 3. The van der Waals surface area contributed by atoms with E-state index >= 15 is 0 Å². The molecule has 1 heterocycles. The number of hydrogen-bond acceptors (Lipinski definition) is 4. The molecule has 1 unspecified atom stereocenters. The molecular formula is C25H21F3N2O3S. The van der Waals surface area contributed by atoms with Gasteiger partial charge in [0.05, 0.1) is 12.2 Å². The topological polar surface area (TPSA) is 58.6 Å². The van der Waals surface area contributed by atoms with Gasteiger partial charge >= 0.3 is 6.18 Å². The molecule has 0 radical (unpaired) electrons. The number of benzene rings is 3. The summed E-state index contributed by atoms with van der Waals surface area (Å²) in [7, 11) is 0. The highest BCUT2D eigenvalue weighted by Crippen LogP contribution is 2.33. The average molecular weight is 487 g/mol. The first-order valence-electron chi connectivity index (χ1n) is 10.5. The van der Waals surface area contributed by atoms with Gasteiger partial charge in [-0.25, -0.2) is 5.48 Å². The Morgan fingerprint density at radius 2 is 1.65 bits per heavy atom. The number of amides is 2. The van der Waals surface area contributed by atoms with Gasteiger partial charge in [-0.1, -0.05) is 60.7 Å². The van der Waals surface area contributed by atoms with Gasteiger partial charge in [0.1, 0.15) is 0 Å². The largest absolute Gasteiger partial charge is 0.416 e. The molecule has 176 valence electrons. The van der Waals surface area contributed by atoms with Crippen LogP contribution in [0.3, 0.4) is 0 Å². The third-order valence-electron chi connectivity index (χ3n) is 5.31. The van der Waals surface area contributed by atoms with E-state index in [0.29, 0.717) is 29.0 Å². The highest BCUT2D eigenvalue weighted by molar-refractivity contribution is 8.00. The number of rotatable bonds is 6. The van der Waals surface area contributed by atoms with Gasteiger partial charge < -0.3 is 4.90 Å². The second-order valence-electron chi connectivity index (χ2n) is 7.58. The van der Waals surface area contributed by atoms with E-state index in [4.69, 9.17) is 4.84 Å². The van der Waals surface area contributed by atoms with Crippen molar-refractivity contribution in [2.24, 2.45) is 0 Å². The number of nitrogens with zero attached hydrogens (tertiary/aromatic N) is 1. The van der Waals surface area contributed by atoms with Crippen molar-refractivity contribution in [2.45, 2.75) is 18.2 Å². The summed E-state index contributed by atoms with van der Waals surface area (Å²) in [6, 6.07) is 20.7. The van der Waals surface area contributed by atoms with E-state index in [2.05, 4.69) is 5.48 Å². The van der Waals surface area contributed by atoms with Gasteiger partial charge in [-0.15, -0.1) is 11.8 Å². The molecular weight excluding hydrogens is 465 g/mol. The second-order valence-corrected chi connectivity index (χ2v) is 8.77. The van der Waals surface area contributed by atoms with Crippen LogP contribution in [0, 0.1) is 0 Å². The van der Waals surface area contributed by atoms with Crippen molar-refractivity contribution >= 4 is 23.6 Å². The molecule has 0 aliphatic carbocycles. The van der Waals surface area contributed by atoms with Crippen LogP contribution in [0.15, 0.2) is 78.9 Å². The number of carbonyl (C=O) groups is 2. The zero-order valence-corrected chi connectivity index (χ0v) is 18.7. The lowest BCUT2D eigenvalue weighted by Gasteiger charge is -2.24. The summed E-state index contributed by atoms with van der Waals surface area (Å²) in [6.45, 7) is 0.552. The van der Waals surface area contributed by atoms with E-state index in [0.717, 1.165) is 17.7 Å². The maximum absolute atomic E-state index is 13.4. The lowest BCUT2D eigenvalue weighted by molar-refractivity contribution is -0.137. The Morgan fingerprint density at radius 1 is 0.971 bits per heavy atom. The minimum Gasteiger partial charge on any atom is -0.317 e. The maximum atomic E-state index is 13.4. The van der Waals surface area contributed by atoms with Crippen LogP contribution in [0.1, 0.15) is 21.5 Å². The minimum atomic E-state index is -4.44. The van der Waals surface area contributed by atoms with Crippen molar-refractivity contribution in [3.8, 4) is 11.1 Å². The molecule has 0 saturated carbocycles. The van der Waals surface area contributed by atoms with Crippen molar-refractivity contribution in [1.82, 2.24) is 10.4 Å². The van der Waals surface area contributed by atoms with Gasteiger partial charge in [-0.2, -0.15) is 13.2 Å². The van der Waals surface area contributed by atoms with E-state index in [1.807, 2.05) is 30.3 Å². The van der Waals surface area contributed by atoms with Crippen LogP contribution in [0.2, 0.25) is 0 Å². The molecule has 3 aromatic carbocycles. The van der Waals surface area contributed by atoms with Crippen molar-refractivity contribution in [3.05, 3.63) is 95.6 Å². The molecule has 0 spiro atoms. The number of hydrogen-bond donors (Lipinski definition) is 1. The summed E-state index contributed by atoms with van der Waals surface area (Å²) >= 11 is 1.32. The van der Waals surface area contributed by atoms with E-state index in [1.54, 1.807) is 24.3 Å². The van der Waals surface area contributed by atoms with Crippen molar-refractivity contribution in [1.29, 1.82) is 0 Å². The van der Waals surface area contributed by atoms with Crippen molar-refractivity contribution < 1.29 is 27.6 Å². The molecule has 1 aliphatic rings. The lowest BCUT2D eigenvalue weighted by atomic mass is 9.97. The molecule has 1 aliphatic heterocycles. The standard InChI is InChI=1S/C25H21F3N2O3S/c26-25(27,28)19-12-10-18(11-13-19)20-8-4-5-9-21(20)23(32)30-14-15-34-24(30)22(31)29-33-16-17-6-2-1-3-7-17/h1-13,24H,14-16H2,(H,29,31). The summed E-state index contributed by atoms with van der Waals surface area (Å²) in [5.74, 6) is -0.243. The van der Waals surface area contributed by atoms with Crippen LogP contribution < -0.4 is 5.48 Å². The van der Waals surface area contributed by atoms with E-state index in [9.17, 15) is 22.8 Å². The minimum absolute atomic E-state index is 0.189. The maximum Gasteiger partial charge on any atom is 0.416 e. The van der Waals surface area contributed by atoms with Gasteiger partial charge in [0.15, 0.2) is 5.37 Å². The molecule has 2 amide bonds. The summed E-state index contributed by atoms with van der Waals surface area (Å²) in [5.41, 5.74) is 3.84. The molecule has 9 heteroatoms. The number of thioether (sulfide) groups is 1. The molecule has 0 bridgehead atoms. The predicted molar refractivity (Wildman–Crippen MR) is 124 cm³/mol. The second kappa shape index (κ2) is 10.3. The molecule has 0 aromatic heterocycles. The first kappa shape index (κ1) is 23.8. The first-order chi connectivity index (χ1) is 16.3. The van der Waals surface area contributed by atoms with Crippen molar-refractivity contribution in [3.63, 3.8) is 0 Å². The highest BCUT2D eigenvalue weighted by Gasteiger charge is 2.36. The Bertz CT molecular complexity index is 1150. The lowest BCUT2D eigenvalue weighted by Crippen LogP contribution is -2.44. The summed E-state index contributed by atoms with van der Waals surface area (Å²) < 4.78 is 38.8. The zero-order chi connectivity index (χ0) is 24.1. The summed E-state index contributed by atoms with van der Waals surface area (Å²) in [5, 5.41) is -0.774. The Morgan fingerprint density at radius 3 is 2.35 bits per heavy atom. The Labute approximate surface area is 198 Å². The fraction of sp³-hybridized carbons (Fsp3) is 0.200. The monoisotopic (exact) mass is 486 g/mol. The third kappa shape index (κ3) is 5.43. The molecule has 1 saturated heterocycles. The van der Waals surface area contributed by atoms with Gasteiger partial charge in [0, 0.05) is 17.9 Å². The Hall–Kier alpha value is -3.30. The number of carbonyl (C=O) groups excluding carboxylic acids is 2. The first-order valence-corrected chi connectivity index (χ1v) is 11.5. The molecule has 4 rings (SSSR count). The molecule has 1 atom stereocenters. The van der Waals surface area contributed by atoms with E-state index < -0.39 is 23.0 Å². The van der Waals surface area contributed by atoms with Crippen LogP contribution in [-0.2, 0) is 22.4 Å². The Balaban J connectivity index is 1.48. The quantitative estimate of drug-likeness (QED) is 0.491. The fourth-order valence-electron chi connectivity index (χ4n) is 3.63. The molecule has 3 aromatic rings. The number of nitrogens with one attached hydrogen (secondary N) is 1. The van der Waals surface area contributed by atoms with E-state index in [1.165, 1.54) is 28.8 Å². The van der Waals surface area contributed by atoms with Gasteiger partial charge in [0.2, 0.25) is 0 Å². The van der Waals surface area contributed by atoms with Crippen LogP contribution in [-0.4, -0.2) is 34.4 Å². The summed E-state index contributed by atoms with van der Waals surface area (Å²) in [6.07, 6.45) is -4.44. The zero-order valence-electron chi connectivity index (χ0n) is 17.9. The molecule has 1 N–H and O–H groups in total. The fourth-order valence-corrected chi connectivity index (χ4v) is 4.73. The average Bonchev–Trinajstić information content (AvgIpc) is 3.34. The smallest absolute Gasteiger partial charge is 0.317 e. The highest BCUT2D eigenvalue weighted by atomic mass is 32.2. The number of hydroxylamine groups is 1. The number of halogens is 3. The van der Waals surface area contributed by atoms with Crippen LogP contribution >= 0.6 is 11.8 Å². The Kier molecular flexibility index (Phi) is 7.23. The third-order valence-corrected chi connectivity index (χ3v) is 6.51. The molecule has 5 nitrogen and oxygen atoms in total. The van der Waals surface area contributed by atoms with E-state index in [-0.39, 0.29) is 12.5 Å². The normalized spacial score (nSPS) is 15.9. The van der Waals surface area contributed by atoms with Crippen molar-refractivity contribution in [2.75, 3.05) is 12.3 Å². The summed E-state index contributed by atoms with van der Waals surface area (Å²) in [4.78, 5) is 32.9. The molecule has 1 fully saturated rings. The SMILES string of the molecule is O=C(NOCc1ccccc1)C1SCCN1C(=O)c1ccccc1-c1ccc(C(F)(F)F)cc1. The van der Waals surface area contributed by atoms with Crippen LogP contribution in [0.25, 0.3) is 11.1 Å². The van der Waals surface area contributed by atoms with Crippen LogP contribution in [0.5, 0.6) is 0 Å². The van der Waals surface area contributed by atoms with Crippen LogP contribution in [0.4, 0.5) is 13.2 Å². The predicted octanol–water partition coefficient (Wildman–Crippen LogP) is 5.14. The van der Waals surface area contributed by atoms with Gasteiger partial charge in [-0.3, -0.25) is 14.4 Å². The van der Waals surface area contributed by atoms with Gasteiger partial charge in [0.25, 0.3) is 11.8 Å².